The van der Waals surface area contributed by atoms with Crippen LogP contribution in [0.1, 0.15) is 0 Å². The van der Waals surface area contributed by atoms with Gasteiger partial charge in [0.15, 0.2) is 0 Å². The first kappa shape index (κ1) is 9.71. The van der Waals surface area contributed by atoms with Crippen LogP contribution in [-0.2, 0) is 9.47 Å². The Morgan fingerprint density at radius 2 is 1.50 bits per heavy atom. The van der Waals surface area contributed by atoms with E-state index in [1.54, 1.807) is 0 Å². The van der Waals surface area contributed by atoms with Crippen molar-refractivity contribution >= 4 is 38.0 Å². The lowest BCUT2D eigenvalue weighted by Crippen LogP contribution is -1.96. The molecule has 3 nitrogen and oxygen atoms in total. The quantitative estimate of drug-likeness (QED) is 0.572. The average molecular weight is 272 g/mol. The summed E-state index contributed by atoms with van der Waals surface area (Å²) in [6.45, 7) is 0. The van der Waals surface area contributed by atoms with Crippen LogP contribution in [0.3, 0.4) is 0 Å². The van der Waals surface area contributed by atoms with E-state index in [4.69, 9.17) is 0 Å². The van der Waals surface area contributed by atoms with Crippen molar-refractivity contribution in [1.29, 1.82) is 0 Å². The molecule has 0 rings (SSSR count). The molecule has 0 aromatic carbocycles. The first-order valence-electron chi connectivity index (χ1n) is 2.19. The van der Waals surface area contributed by atoms with Crippen molar-refractivity contribution in [1.82, 2.24) is 0 Å². The smallest absolute Gasteiger partial charge is 0.402 e. The highest BCUT2D eigenvalue weighted by Crippen LogP contribution is 1.91. The van der Waals surface area contributed by atoms with Crippen molar-refractivity contribution in [2.24, 2.45) is 0 Å². The first-order chi connectivity index (χ1) is 4.81. The second-order valence-electron chi connectivity index (χ2n) is 1.01. The van der Waals surface area contributed by atoms with Crippen LogP contribution in [0.4, 0.5) is 4.79 Å². The van der Waals surface area contributed by atoms with Gasteiger partial charge in [-0.05, 0) is 0 Å². The second kappa shape index (κ2) is 6.82. The molecule has 0 saturated heterocycles. The van der Waals surface area contributed by atoms with Crippen molar-refractivity contribution in [3.63, 3.8) is 0 Å². The Kier molecular flexibility index (Phi) is 6.63. The van der Waals surface area contributed by atoms with E-state index in [2.05, 4.69) is 41.3 Å². The number of carbonyl (C=O) groups excluding carboxylic acids is 1. The topological polar surface area (TPSA) is 35.5 Å². The number of hydrogen-bond donors (Lipinski definition) is 0. The van der Waals surface area contributed by atoms with Crippen LogP contribution in [0.25, 0.3) is 0 Å². The molecule has 0 amide bonds. The zero-order valence-electron chi connectivity index (χ0n) is 4.79. The maximum Gasteiger partial charge on any atom is 0.518 e. The molecule has 0 unspecified atom stereocenters. The van der Waals surface area contributed by atoms with Crippen LogP contribution in [-0.4, -0.2) is 6.16 Å². The van der Waals surface area contributed by atoms with Gasteiger partial charge < -0.3 is 9.47 Å². The SMILES string of the molecule is O=C(OC=CBr)OC=CBr. The Labute approximate surface area is 74.9 Å². The lowest BCUT2D eigenvalue weighted by Gasteiger charge is -1.93. The highest BCUT2D eigenvalue weighted by Gasteiger charge is 1.95. The van der Waals surface area contributed by atoms with Gasteiger partial charge in [-0.2, -0.15) is 0 Å². The molecule has 0 aliphatic heterocycles. The van der Waals surface area contributed by atoms with Crippen molar-refractivity contribution < 1.29 is 14.3 Å². The van der Waals surface area contributed by atoms with Gasteiger partial charge in [0.1, 0.15) is 12.5 Å². The standard InChI is InChI=1S/C5H4Br2O3/c6-1-3-9-5(8)10-4-2-7/h1-4H. The van der Waals surface area contributed by atoms with Crippen LogP contribution < -0.4 is 0 Å². The number of rotatable bonds is 2. The fourth-order valence-corrected chi connectivity index (χ4v) is 0.406. The highest BCUT2D eigenvalue weighted by atomic mass is 79.9. The molecule has 0 fully saturated rings. The van der Waals surface area contributed by atoms with E-state index in [1.165, 1.54) is 9.97 Å². The minimum Gasteiger partial charge on any atom is -0.402 e. The predicted molar refractivity (Wildman–Crippen MR) is 43.7 cm³/mol. The molecule has 0 aromatic rings. The van der Waals surface area contributed by atoms with Crippen LogP contribution in [0, 0.1) is 0 Å². The largest absolute Gasteiger partial charge is 0.518 e. The summed E-state index contributed by atoms with van der Waals surface area (Å²) in [5.41, 5.74) is 0. The van der Waals surface area contributed by atoms with Crippen LogP contribution in [0.5, 0.6) is 0 Å². The molecule has 0 aliphatic carbocycles. The zero-order chi connectivity index (χ0) is 7.82. The van der Waals surface area contributed by atoms with Gasteiger partial charge in [0.05, 0.1) is 0 Å². The molecule has 0 aliphatic rings. The molecule has 0 N–H and O–H groups in total. The normalized spacial score (nSPS) is 10.6. The number of hydrogen-bond acceptors (Lipinski definition) is 3. The van der Waals surface area contributed by atoms with E-state index in [9.17, 15) is 4.79 Å². The third-order valence-electron chi connectivity index (χ3n) is 0.431. The third-order valence-corrected chi connectivity index (χ3v) is 0.863. The van der Waals surface area contributed by atoms with E-state index in [1.807, 2.05) is 0 Å². The monoisotopic (exact) mass is 270 g/mol. The van der Waals surface area contributed by atoms with Gasteiger partial charge in [-0.25, -0.2) is 4.79 Å². The molecule has 0 aromatic heterocycles. The molecule has 0 heterocycles. The Hall–Kier alpha value is -0.290. The van der Waals surface area contributed by atoms with Crippen LogP contribution >= 0.6 is 31.9 Å². The summed E-state index contributed by atoms with van der Waals surface area (Å²) in [6, 6.07) is 0. The molecule has 0 radical (unpaired) electrons. The average Bonchev–Trinajstić information content (AvgIpc) is 1.97. The van der Waals surface area contributed by atoms with Gasteiger partial charge in [-0.1, -0.05) is 31.9 Å². The molecule has 10 heavy (non-hydrogen) atoms. The van der Waals surface area contributed by atoms with E-state index in [0.29, 0.717) is 0 Å². The van der Waals surface area contributed by atoms with E-state index < -0.39 is 6.16 Å². The molecule has 56 valence electrons. The Morgan fingerprint density at radius 3 is 1.80 bits per heavy atom. The lowest BCUT2D eigenvalue weighted by molar-refractivity contribution is 0.120. The van der Waals surface area contributed by atoms with Crippen molar-refractivity contribution in [3.05, 3.63) is 22.5 Å². The summed E-state index contributed by atoms with van der Waals surface area (Å²) in [6.07, 6.45) is 1.53. The van der Waals surface area contributed by atoms with E-state index in [-0.39, 0.29) is 0 Å². The molecular weight excluding hydrogens is 268 g/mol. The fourth-order valence-electron chi connectivity index (χ4n) is 0.190. The first-order valence-corrected chi connectivity index (χ1v) is 4.02. The summed E-state index contributed by atoms with van der Waals surface area (Å²) in [4.78, 5) is 13.2. The van der Waals surface area contributed by atoms with Gasteiger partial charge >= 0.3 is 6.16 Å². The molecule has 5 heteroatoms. The maximum absolute atomic E-state index is 10.4. The Morgan fingerprint density at radius 1 is 1.10 bits per heavy atom. The van der Waals surface area contributed by atoms with Crippen molar-refractivity contribution in [2.75, 3.05) is 0 Å². The summed E-state index contributed by atoms with van der Waals surface area (Å²) in [5.74, 6) is 0. The van der Waals surface area contributed by atoms with Gasteiger partial charge in [-0.15, -0.1) is 0 Å². The lowest BCUT2D eigenvalue weighted by atomic mass is 11.1. The Balaban J connectivity index is 3.44. The molecule has 0 atom stereocenters. The fraction of sp³-hybridized carbons (Fsp3) is 0. The van der Waals surface area contributed by atoms with Crippen LogP contribution in [0.15, 0.2) is 22.5 Å². The molecule has 0 spiro atoms. The summed E-state index contributed by atoms with van der Waals surface area (Å²) in [7, 11) is 0. The Bertz CT molecular complexity index is 137. The molecule has 0 saturated carbocycles. The second-order valence-corrected chi connectivity index (χ2v) is 2.07. The summed E-state index contributed by atoms with van der Waals surface area (Å²) in [5, 5.41) is 0. The van der Waals surface area contributed by atoms with Gasteiger partial charge in [0, 0.05) is 9.97 Å². The maximum atomic E-state index is 10.4. The van der Waals surface area contributed by atoms with E-state index in [0.717, 1.165) is 12.5 Å². The van der Waals surface area contributed by atoms with Crippen LogP contribution in [0.2, 0.25) is 0 Å². The number of carbonyl (C=O) groups is 1. The third kappa shape index (κ3) is 5.84. The minimum atomic E-state index is -0.786. The predicted octanol–water partition coefficient (Wildman–Crippen LogP) is 2.87. The zero-order valence-corrected chi connectivity index (χ0v) is 7.96. The van der Waals surface area contributed by atoms with Crippen molar-refractivity contribution in [3.8, 4) is 0 Å². The van der Waals surface area contributed by atoms with Gasteiger partial charge in [-0.3, -0.25) is 0 Å². The van der Waals surface area contributed by atoms with Gasteiger partial charge in [0.25, 0.3) is 0 Å². The minimum absolute atomic E-state index is 0.786. The summed E-state index contributed by atoms with van der Waals surface area (Å²) < 4.78 is 8.67. The van der Waals surface area contributed by atoms with E-state index >= 15 is 0 Å². The number of ether oxygens (including phenoxy) is 2. The summed E-state index contributed by atoms with van der Waals surface area (Å²) >= 11 is 5.81. The number of halogens is 2. The van der Waals surface area contributed by atoms with Gasteiger partial charge in [0.2, 0.25) is 0 Å². The van der Waals surface area contributed by atoms with Crippen molar-refractivity contribution in [2.45, 2.75) is 0 Å². The molecule has 0 bridgehead atoms. The molecular formula is C5H4Br2O3. The highest BCUT2D eigenvalue weighted by molar-refractivity contribution is 9.11.